The van der Waals surface area contributed by atoms with Crippen molar-refractivity contribution in [3.05, 3.63) is 185 Å². The number of benzene rings is 4. The van der Waals surface area contributed by atoms with Gasteiger partial charge in [0.1, 0.15) is 6.10 Å². The number of ether oxygens (including phenoxy) is 2. The van der Waals surface area contributed by atoms with Gasteiger partial charge in [-0.1, -0.05) is 47.5 Å². The molecule has 4 heterocycles. The molecule has 0 aliphatic carbocycles. The van der Waals surface area contributed by atoms with Gasteiger partial charge < -0.3 is 23.7 Å². The first kappa shape index (κ1) is 50.6. The van der Waals surface area contributed by atoms with Crippen LogP contribution in [0.3, 0.4) is 0 Å². The van der Waals surface area contributed by atoms with Gasteiger partial charge in [-0.05, 0) is 167 Å². The summed E-state index contributed by atoms with van der Waals surface area (Å²) >= 11 is 13.8. The number of aromatic nitrogens is 4. The fraction of sp³-hybridized carbons (Fsp3) is 0.273. The van der Waals surface area contributed by atoms with Crippen LogP contribution in [0.4, 0.5) is 0 Å². The number of thiazole rings is 1. The van der Waals surface area contributed by atoms with E-state index in [4.69, 9.17) is 32.7 Å². The van der Waals surface area contributed by atoms with Crippen molar-refractivity contribution < 1.29 is 24.2 Å². The molecule has 0 radical (unpaired) electrons. The molecule has 69 heavy (non-hydrogen) atoms. The highest BCUT2D eigenvalue weighted by Crippen LogP contribution is 2.42. The summed E-state index contributed by atoms with van der Waals surface area (Å²) in [5, 5.41) is 13.0. The van der Waals surface area contributed by atoms with E-state index in [0.29, 0.717) is 39.8 Å². The van der Waals surface area contributed by atoms with Crippen LogP contribution in [0.5, 0.6) is 0 Å². The maximum Gasteiger partial charge on any atom is 0.337 e. The molecular formula is C55H54Cl2N4O7S. The van der Waals surface area contributed by atoms with Crippen LogP contribution in [0, 0.1) is 13.8 Å². The number of carboxylic acid groups (broad SMARTS) is 1. The minimum Gasteiger partial charge on any atom is -0.479 e. The summed E-state index contributed by atoms with van der Waals surface area (Å²) in [6, 6.07) is 29.1. The highest BCUT2D eigenvalue weighted by atomic mass is 35.5. The van der Waals surface area contributed by atoms with Crippen molar-refractivity contribution in [2.75, 3.05) is 0 Å². The normalized spacial score (nSPS) is 12.7. The predicted octanol–water partition coefficient (Wildman–Crippen LogP) is 12.6. The molecule has 8 rings (SSSR count). The van der Waals surface area contributed by atoms with Gasteiger partial charge in [-0.25, -0.2) is 4.79 Å². The number of carbonyl (C=O) groups excluding carboxylic acids is 1. The van der Waals surface area contributed by atoms with E-state index in [-0.39, 0.29) is 16.9 Å². The molecule has 0 spiro atoms. The minimum atomic E-state index is -1.20. The highest BCUT2D eigenvalue weighted by molar-refractivity contribution is 7.09. The molecular weight excluding hydrogens is 932 g/mol. The van der Waals surface area contributed by atoms with Crippen LogP contribution in [0.25, 0.3) is 44.1 Å². The van der Waals surface area contributed by atoms with E-state index in [1.165, 1.54) is 17.4 Å². The summed E-state index contributed by atoms with van der Waals surface area (Å²) in [7, 11) is 0. The van der Waals surface area contributed by atoms with E-state index in [2.05, 4.69) is 9.97 Å². The van der Waals surface area contributed by atoms with E-state index in [1.807, 2.05) is 122 Å². The average Bonchev–Trinajstić information content (AvgIpc) is 3.80. The summed E-state index contributed by atoms with van der Waals surface area (Å²) in [4.78, 5) is 60.4. The summed E-state index contributed by atoms with van der Waals surface area (Å²) < 4.78 is 15.8. The summed E-state index contributed by atoms with van der Waals surface area (Å²) in [6.45, 7) is 17.4. The standard InChI is InChI=1S/C29H29ClN2O3.C26H25ClN2O4S/c1-18-16-24-23(10-11-25(34)32(24)17-20-12-14-31-15-13-20)27(21-6-8-22(30)9-7-21)26(18)28(19(2)33)35-29(3,4)5;1-15-11-20-19(9-10-21(30)29(20)13-18-12-28-14-34-18)23(16-5-7-17(27)8-6-16)22(15)24(25(31)32)33-26(2,3)4/h6-16,28H,17H2,1-5H3;5-12,14,24H,13H2,1-4H3,(H,31,32)/t28-;24-/m10/s1. The third-order valence-electron chi connectivity index (χ3n) is 11.3. The van der Waals surface area contributed by atoms with Gasteiger partial charge in [0.05, 0.1) is 40.8 Å². The SMILES string of the molecule is CC(=O)[C@@H](OC(C)(C)C)c1c(C)cc2c(ccc(=O)n2Cc2ccncc2)c1-c1ccc(Cl)cc1.Cc1cc2c(ccc(=O)n2Cc2cncs2)c(-c2ccc(Cl)cc2)c1[C@H](OC(C)(C)C)C(=O)O. The Morgan fingerprint density at radius 2 is 1.10 bits per heavy atom. The fourth-order valence-corrected chi connectivity index (χ4v) is 9.30. The zero-order valence-corrected chi connectivity index (χ0v) is 42.3. The number of ketones is 1. The number of pyridine rings is 3. The molecule has 356 valence electrons. The fourth-order valence-electron chi connectivity index (χ4n) is 8.46. The van der Waals surface area contributed by atoms with Crippen molar-refractivity contribution in [1.82, 2.24) is 19.1 Å². The Balaban J connectivity index is 0.000000204. The monoisotopic (exact) mass is 984 g/mol. The molecule has 0 amide bonds. The average molecular weight is 986 g/mol. The molecule has 14 heteroatoms. The number of hydrogen-bond donors (Lipinski definition) is 1. The van der Waals surface area contributed by atoms with Gasteiger partial charge in [-0.15, -0.1) is 11.3 Å². The van der Waals surface area contributed by atoms with Gasteiger partial charge in [0, 0.05) is 62.0 Å². The molecule has 0 saturated carbocycles. The molecule has 4 aromatic carbocycles. The van der Waals surface area contributed by atoms with Crippen LogP contribution >= 0.6 is 34.5 Å². The van der Waals surface area contributed by atoms with E-state index in [9.17, 15) is 24.3 Å². The van der Waals surface area contributed by atoms with Crippen LogP contribution in [0.1, 0.15) is 93.4 Å². The number of rotatable bonds is 12. The third kappa shape index (κ3) is 11.8. The van der Waals surface area contributed by atoms with E-state index in [0.717, 1.165) is 60.1 Å². The lowest BCUT2D eigenvalue weighted by molar-refractivity contribution is -0.160. The number of carboxylic acids is 1. The topological polar surface area (TPSA) is 143 Å². The number of fused-ring (bicyclic) bond motifs is 2. The second kappa shape index (κ2) is 20.8. The maximum absolute atomic E-state index is 13.0. The zero-order valence-electron chi connectivity index (χ0n) is 40.0. The maximum atomic E-state index is 13.0. The summed E-state index contributed by atoms with van der Waals surface area (Å²) in [5.74, 6) is -1.16. The Kier molecular flexibility index (Phi) is 15.2. The lowest BCUT2D eigenvalue weighted by atomic mass is 9.87. The molecule has 8 aromatic rings. The second-order valence-electron chi connectivity index (χ2n) is 18.9. The predicted molar refractivity (Wildman–Crippen MR) is 277 cm³/mol. The molecule has 4 aromatic heterocycles. The number of hydrogen-bond acceptors (Lipinski definition) is 9. The second-order valence-corrected chi connectivity index (χ2v) is 20.7. The number of aryl methyl sites for hydroxylation is 2. The summed E-state index contributed by atoms with van der Waals surface area (Å²) in [6.07, 6.45) is 3.22. The highest BCUT2D eigenvalue weighted by Gasteiger charge is 2.33. The van der Waals surface area contributed by atoms with Crippen molar-refractivity contribution in [1.29, 1.82) is 0 Å². The number of halogens is 2. The van der Waals surface area contributed by atoms with Crippen molar-refractivity contribution in [2.24, 2.45) is 0 Å². The molecule has 0 aliphatic heterocycles. The van der Waals surface area contributed by atoms with Crippen LogP contribution in [0.15, 0.2) is 131 Å². The first-order valence-electron chi connectivity index (χ1n) is 22.3. The van der Waals surface area contributed by atoms with Crippen LogP contribution < -0.4 is 11.1 Å². The lowest BCUT2D eigenvalue weighted by Gasteiger charge is -2.30. The lowest BCUT2D eigenvalue weighted by Crippen LogP contribution is -2.28. The van der Waals surface area contributed by atoms with E-state index >= 15 is 0 Å². The van der Waals surface area contributed by atoms with Crippen LogP contribution in [-0.4, -0.2) is 47.2 Å². The van der Waals surface area contributed by atoms with Gasteiger partial charge in [0.15, 0.2) is 11.9 Å². The summed E-state index contributed by atoms with van der Waals surface area (Å²) in [5.41, 5.74) is 8.97. The van der Waals surface area contributed by atoms with Crippen molar-refractivity contribution >= 4 is 68.1 Å². The first-order chi connectivity index (χ1) is 32.6. The molecule has 0 unspecified atom stereocenters. The van der Waals surface area contributed by atoms with Gasteiger partial charge in [-0.2, -0.15) is 0 Å². The smallest absolute Gasteiger partial charge is 0.337 e. The number of Topliss-reactive ketones (excluding diaryl/α,β-unsaturated/α-hetero) is 1. The molecule has 0 fully saturated rings. The molecule has 0 bridgehead atoms. The van der Waals surface area contributed by atoms with Crippen LogP contribution in [0.2, 0.25) is 10.0 Å². The minimum absolute atomic E-state index is 0.0808. The van der Waals surface area contributed by atoms with Crippen LogP contribution in [-0.2, 0) is 32.2 Å². The van der Waals surface area contributed by atoms with Crippen molar-refractivity contribution in [3.63, 3.8) is 0 Å². The number of nitrogens with zero attached hydrogens (tertiary/aromatic N) is 4. The van der Waals surface area contributed by atoms with E-state index in [1.54, 1.807) is 64.4 Å². The van der Waals surface area contributed by atoms with Crippen molar-refractivity contribution in [3.8, 4) is 22.3 Å². The number of carbonyl (C=O) groups is 2. The largest absolute Gasteiger partial charge is 0.479 e. The third-order valence-corrected chi connectivity index (χ3v) is 12.6. The van der Waals surface area contributed by atoms with Gasteiger partial charge in [0.25, 0.3) is 11.1 Å². The molecule has 0 saturated heterocycles. The molecule has 2 atom stereocenters. The van der Waals surface area contributed by atoms with Gasteiger partial charge in [0.2, 0.25) is 0 Å². The Morgan fingerprint density at radius 1 is 0.652 bits per heavy atom. The van der Waals surface area contributed by atoms with Gasteiger partial charge >= 0.3 is 5.97 Å². The Morgan fingerprint density at radius 3 is 1.52 bits per heavy atom. The van der Waals surface area contributed by atoms with Gasteiger partial charge in [-0.3, -0.25) is 24.4 Å². The molecule has 1 N–H and O–H groups in total. The zero-order chi connectivity index (χ0) is 49.9. The number of aliphatic carboxylic acids is 1. The molecule has 0 aliphatic rings. The van der Waals surface area contributed by atoms with E-state index < -0.39 is 29.4 Å². The Labute approximate surface area is 415 Å². The quantitative estimate of drug-likeness (QED) is 0.127. The Bertz CT molecular complexity index is 3280. The van der Waals surface area contributed by atoms with Crippen molar-refractivity contribution in [2.45, 2.75) is 98.8 Å². The molecule has 11 nitrogen and oxygen atoms in total. The first-order valence-corrected chi connectivity index (χ1v) is 23.9. The Hall–Kier alpha value is -6.28.